The van der Waals surface area contributed by atoms with Crippen molar-refractivity contribution in [3.63, 3.8) is 0 Å². The molecular formula is C13H20O2. The van der Waals surface area contributed by atoms with Crippen LogP contribution in [0.2, 0.25) is 0 Å². The molecule has 0 saturated carbocycles. The lowest BCUT2D eigenvalue weighted by Gasteiger charge is -2.21. The molecule has 1 rings (SSSR count). The predicted octanol–water partition coefficient (Wildman–Crippen LogP) is 2.08. The van der Waals surface area contributed by atoms with Crippen molar-refractivity contribution in [2.24, 2.45) is 5.92 Å². The summed E-state index contributed by atoms with van der Waals surface area (Å²) in [4.78, 5) is 0. The quantitative estimate of drug-likeness (QED) is 0.795. The summed E-state index contributed by atoms with van der Waals surface area (Å²) >= 11 is 0. The zero-order valence-corrected chi connectivity index (χ0v) is 9.70. The SMILES string of the molecule is CC(C)Cc1ccc([C@](C)(O)CO)cc1. The molecule has 0 aliphatic rings. The van der Waals surface area contributed by atoms with Crippen molar-refractivity contribution in [1.82, 2.24) is 0 Å². The Morgan fingerprint density at radius 3 is 2.13 bits per heavy atom. The Kier molecular flexibility index (Phi) is 3.89. The van der Waals surface area contributed by atoms with E-state index in [0.717, 1.165) is 12.0 Å². The molecule has 1 aromatic rings. The highest BCUT2D eigenvalue weighted by atomic mass is 16.3. The molecule has 2 nitrogen and oxygen atoms in total. The van der Waals surface area contributed by atoms with Crippen LogP contribution < -0.4 is 0 Å². The first-order valence-electron chi connectivity index (χ1n) is 5.38. The van der Waals surface area contributed by atoms with Gasteiger partial charge in [0, 0.05) is 0 Å². The second kappa shape index (κ2) is 4.77. The van der Waals surface area contributed by atoms with Crippen molar-refractivity contribution in [3.8, 4) is 0 Å². The van der Waals surface area contributed by atoms with E-state index in [9.17, 15) is 5.11 Å². The third-order valence-electron chi connectivity index (χ3n) is 2.53. The van der Waals surface area contributed by atoms with Gasteiger partial charge in [-0.1, -0.05) is 38.1 Å². The lowest BCUT2D eigenvalue weighted by Crippen LogP contribution is -2.25. The van der Waals surface area contributed by atoms with Gasteiger partial charge in [0.15, 0.2) is 0 Å². The average Bonchev–Trinajstić information content (AvgIpc) is 2.18. The molecule has 0 unspecified atom stereocenters. The van der Waals surface area contributed by atoms with Gasteiger partial charge < -0.3 is 10.2 Å². The van der Waals surface area contributed by atoms with E-state index in [1.165, 1.54) is 5.56 Å². The molecule has 15 heavy (non-hydrogen) atoms. The number of hydrogen-bond acceptors (Lipinski definition) is 2. The summed E-state index contributed by atoms with van der Waals surface area (Å²) in [6, 6.07) is 7.79. The molecule has 0 radical (unpaired) electrons. The van der Waals surface area contributed by atoms with Gasteiger partial charge in [-0.3, -0.25) is 0 Å². The molecule has 2 N–H and O–H groups in total. The van der Waals surface area contributed by atoms with Gasteiger partial charge in [-0.25, -0.2) is 0 Å². The third-order valence-corrected chi connectivity index (χ3v) is 2.53. The molecule has 2 heteroatoms. The van der Waals surface area contributed by atoms with Gasteiger partial charge in [0.2, 0.25) is 0 Å². The Labute approximate surface area is 91.6 Å². The van der Waals surface area contributed by atoms with Gasteiger partial charge in [-0.15, -0.1) is 0 Å². The molecule has 1 atom stereocenters. The summed E-state index contributed by atoms with van der Waals surface area (Å²) in [5, 5.41) is 18.8. The Hall–Kier alpha value is -0.860. The van der Waals surface area contributed by atoms with Gasteiger partial charge in [0.1, 0.15) is 5.60 Å². The smallest absolute Gasteiger partial charge is 0.110 e. The van der Waals surface area contributed by atoms with Gasteiger partial charge in [-0.2, -0.15) is 0 Å². The first kappa shape index (κ1) is 12.2. The topological polar surface area (TPSA) is 40.5 Å². The van der Waals surface area contributed by atoms with Crippen LogP contribution in [0.15, 0.2) is 24.3 Å². The zero-order chi connectivity index (χ0) is 11.5. The first-order chi connectivity index (χ1) is 6.95. The highest BCUT2D eigenvalue weighted by Crippen LogP contribution is 2.20. The van der Waals surface area contributed by atoms with Crippen LogP contribution in [-0.2, 0) is 12.0 Å². The number of aliphatic hydroxyl groups excluding tert-OH is 1. The highest BCUT2D eigenvalue weighted by Gasteiger charge is 2.21. The molecule has 0 heterocycles. The molecule has 0 amide bonds. The molecule has 0 spiro atoms. The number of hydrogen-bond donors (Lipinski definition) is 2. The minimum Gasteiger partial charge on any atom is -0.393 e. The summed E-state index contributed by atoms with van der Waals surface area (Å²) in [6.45, 7) is 5.72. The van der Waals surface area contributed by atoms with Crippen LogP contribution in [0.1, 0.15) is 31.9 Å². The average molecular weight is 208 g/mol. The lowest BCUT2D eigenvalue weighted by molar-refractivity contribution is -0.00229. The van der Waals surface area contributed by atoms with Gasteiger partial charge in [0.25, 0.3) is 0 Å². The molecule has 0 aromatic heterocycles. The minimum atomic E-state index is -1.13. The standard InChI is InChI=1S/C13H20O2/c1-10(2)8-11-4-6-12(7-5-11)13(3,15)9-14/h4-7,10,14-15H,8-9H2,1-3H3/t13-/m1/s1. The fraction of sp³-hybridized carbons (Fsp3) is 0.538. The first-order valence-corrected chi connectivity index (χ1v) is 5.38. The van der Waals surface area contributed by atoms with Crippen LogP contribution >= 0.6 is 0 Å². The van der Waals surface area contributed by atoms with Crippen molar-refractivity contribution in [3.05, 3.63) is 35.4 Å². The van der Waals surface area contributed by atoms with E-state index < -0.39 is 5.60 Å². The van der Waals surface area contributed by atoms with Crippen LogP contribution in [-0.4, -0.2) is 16.8 Å². The summed E-state index contributed by atoms with van der Waals surface area (Å²) in [5.74, 6) is 0.634. The highest BCUT2D eigenvalue weighted by molar-refractivity contribution is 5.27. The summed E-state index contributed by atoms with van der Waals surface area (Å²) in [5.41, 5.74) is 0.899. The fourth-order valence-corrected chi connectivity index (χ4v) is 1.56. The fourth-order valence-electron chi connectivity index (χ4n) is 1.56. The number of aliphatic hydroxyl groups is 2. The largest absolute Gasteiger partial charge is 0.393 e. The normalized spacial score (nSPS) is 15.3. The molecule has 0 fully saturated rings. The number of rotatable bonds is 4. The molecular weight excluding hydrogens is 188 g/mol. The van der Waals surface area contributed by atoms with Crippen LogP contribution in [0.3, 0.4) is 0 Å². The van der Waals surface area contributed by atoms with E-state index in [2.05, 4.69) is 13.8 Å². The van der Waals surface area contributed by atoms with Crippen molar-refractivity contribution >= 4 is 0 Å². The zero-order valence-electron chi connectivity index (χ0n) is 9.70. The van der Waals surface area contributed by atoms with Crippen molar-refractivity contribution in [2.75, 3.05) is 6.61 Å². The Balaban J connectivity index is 2.81. The molecule has 1 aromatic carbocycles. The van der Waals surface area contributed by atoms with Crippen molar-refractivity contribution < 1.29 is 10.2 Å². The van der Waals surface area contributed by atoms with E-state index in [1.54, 1.807) is 6.92 Å². The summed E-state index contributed by atoms with van der Waals surface area (Å²) < 4.78 is 0. The molecule has 0 aliphatic heterocycles. The van der Waals surface area contributed by atoms with E-state index in [4.69, 9.17) is 5.11 Å². The van der Waals surface area contributed by atoms with Gasteiger partial charge >= 0.3 is 0 Å². The predicted molar refractivity (Wildman–Crippen MR) is 61.6 cm³/mol. The summed E-state index contributed by atoms with van der Waals surface area (Å²) in [6.07, 6.45) is 1.04. The molecule has 0 saturated heterocycles. The maximum absolute atomic E-state index is 9.82. The summed E-state index contributed by atoms with van der Waals surface area (Å²) in [7, 11) is 0. The van der Waals surface area contributed by atoms with E-state index in [-0.39, 0.29) is 6.61 Å². The molecule has 84 valence electrons. The second-order valence-corrected chi connectivity index (χ2v) is 4.73. The van der Waals surface area contributed by atoms with Crippen LogP contribution in [0, 0.1) is 5.92 Å². The Morgan fingerprint density at radius 1 is 1.20 bits per heavy atom. The van der Waals surface area contributed by atoms with Gasteiger partial charge in [-0.05, 0) is 30.4 Å². The van der Waals surface area contributed by atoms with Crippen molar-refractivity contribution in [2.45, 2.75) is 32.8 Å². The van der Waals surface area contributed by atoms with E-state index in [1.807, 2.05) is 24.3 Å². The lowest BCUT2D eigenvalue weighted by atomic mass is 9.94. The van der Waals surface area contributed by atoms with Crippen molar-refractivity contribution in [1.29, 1.82) is 0 Å². The van der Waals surface area contributed by atoms with E-state index >= 15 is 0 Å². The Morgan fingerprint density at radius 2 is 1.73 bits per heavy atom. The van der Waals surface area contributed by atoms with Crippen LogP contribution in [0.25, 0.3) is 0 Å². The van der Waals surface area contributed by atoms with Crippen LogP contribution in [0.4, 0.5) is 0 Å². The second-order valence-electron chi connectivity index (χ2n) is 4.73. The van der Waals surface area contributed by atoms with E-state index in [0.29, 0.717) is 5.92 Å². The number of benzene rings is 1. The van der Waals surface area contributed by atoms with Crippen LogP contribution in [0.5, 0.6) is 0 Å². The maximum Gasteiger partial charge on any atom is 0.110 e. The Bertz CT molecular complexity index is 299. The van der Waals surface area contributed by atoms with Gasteiger partial charge in [0.05, 0.1) is 6.61 Å². The monoisotopic (exact) mass is 208 g/mol. The molecule has 0 bridgehead atoms. The third kappa shape index (κ3) is 3.33. The molecule has 0 aliphatic carbocycles. The minimum absolute atomic E-state index is 0.253. The maximum atomic E-state index is 9.82.